The van der Waals surface area contributed by atoms with E-state index in [4.69, 9.17) is 4.74 Å². The van der Waals surface area contributed by atoms with Crippen LogP contribution in [0, 0.1) is 0 Å². The van der Waals surface area contributed by atoms with Gasteiger partial charge in [0.1, 0.15) is 5.25 Å². The van der Waals surface area contributed by atoms with E-state index in [1.54, 1.807) is 24.3 Å². The summed E-state index contributed by atoms with van der Waals surface area (Å²) in [5.74, 6) is 0.121. The first-order valence-corrected chi connectivity index (χ1v) is 7.42. The van der Waals surface area contributed by atoms with Crippen molar-refractivity contribution in [3.63, 3.8) is 0 Å². The Kier molecular flexibility index (Phi) is 4.66. The summed E-state index contributed by atoms with van der Waals surface area (Å²) in [5, 5.41) is 2.32. The maximum absolute atomic E-state index is 12.0. The highest BCUT2D eigenvalue weighted by atomic mass is 79.9. The summed E-state index contributed by atoms with van der Waals surface area (Å²) in [7, 11) is 1.34. The summed E-state index contributed by atoms with van der Waals surface area (Å²) >= 11 is 4.75. The number of rotatable bonds is 3. The van der Waals surface area contributed by atoms with E-state index in [0.29, 0.717) is 17.0 Å². The third-order valence-electron chi connectivity index (χ3n) is 2.63. The Morgan fingerprint density at radius 2 is 2.05 bits per heavy atom. The first-order chi connectivity index (χ1) is 9.11. The molecule has 1 aromatic rings. The second kappa shape index (κ2) is 6.25. The fourth-order valence-corrected chi connectivity index (χ4v) is 2.95. The van der Waals surface area contributed by atoms with Crippen LogP contribution in [0.1, 0.15) is 10.4 Å². The highest BCUT2D eigenvalue weighted by Crippen LogP contribution is 2.26. The molecule has 1 amide bonds. The zero-order valence-electron chi connectivity index (χ0n) is 10.2. The van der Waals surface area contributed by atoms with Gasteiger partial charge in [0.25, 0.3) is 5.91 Å². The average Bonchev–Trinajstić information content (AvgIpc) is 2.86. The van der Waals surface area contributed by atoms with Crippen LogP contribution in [0.3, 0.4) is 0 Å². The second-order valence-corrected chi connectivity index (χ2v) is 5.91. The number of hydrogen-bond donors (Lipinski definition) is 1. The van der Waals surface area contributed by atoms with Crippen molar-refractivity contribution in [3.05, 3.63) is 46.1 Å². The second-order valence-electron chi connectivity index (χ2n) is 3.86. The Morgan fingerprint density at radius 1 is 1.37 bits per heavy atom. The molecule has 0 bridgehead atoms. The van der Waals surface area contributed by atoms with Crippen LogP contribution in [0.5, 0.6) is 0 Å². The van der Waals surface area contributed by atoms with Crippen molar-refractivity contribution in [1.29, 1.82) is 0 Å². The van der Waals surface area contributed by atoms with Crippen LogP contribution in [0.2, 0.25) is 0 Å². The molecule has 4 nitrogen and oxygen atoms in total. The molecule has 1 N–H and O–H groups in total. The lowest BCUT2D eigenvalue weighted by Crippen LogP contribution is -2.31. The Balaban J connectivity index is 2.06. The number of amides is 1. The number of methoxy groups -OCH3 is 1. The van der Waals surface area contributed by atoms with Gasteiger partial charge in [-0.1, -0.05) is 22.0 Å². The molecule has 19 heavy (non-hydrogen) atoms. The molecule has 0 aromatic heterocycles. The van der Waals surface area contributed by atoms with Crippen LogP contribution in [0.15, 0.2) is 40.5 Å². The molecule has 1 aliphatic rings. The van der Waals surface area contributed by atoms with E-state index >= 15 is 0 Å². The van der Waals surface area contributed by atoms with Crippen LogP contribution in [-0.2, 0) is 9.53 Å². The SMILES string of the molecule is COC(=O)C1SCC=C1NC(=O)c1ccc(Br)cc1. The Morgan fingerprint density at radius 3 is 2.68 bits per heavy atom. The number of carbonyl (C=O) groups is 2. The molecule has 1 aromatic carbocycles. The van der Waals surface area contributed by atoms with Crippen LogP contribution < -0.4 is 5.32 Å². The van der Waals surface area contributed by atoms with Crippen molar-refractivity contribution in [2.75, 3.05) is 12.9 Å². The summed E-state index contributed by atoms with van der Waals surface area (Å²) in [6.07, 6.45) is 1.84. The molecule has 1 atom stereocenters. The van der Waals surface area contributed by atoms with Gasteiger partial charge in [-0.25, -0.2) is 0 Å². The number of benzene rings is 1. The van der Waals surface area contributed by atoms with Gasteiger partial charge in [-0.2, -0.15) is 0 Å². The fourth-order valence-electron chi connectivity index (χ4n) is 1.65. The van der Waals surface area contributed by atoms with Crippen molar-refractivity contribution < 1.29 is 14.3 Å². The van der Waals surface area contributed by atoms with Crippen LogP contribution in [0.25, 0.3) is 0 Å². The van der Waals surface area contributed by atoms with Crippen LogP contribution in [-0.4, -0.2) is 30.0 Å². The molecule has 0 saturated heterocycles. The molecular formula is C13H12BrNO3S. The number of nitrogens with one attached hydrogen (secondary N) is 1. The molecule has 100 valence electrons. The smallest absolute Gasteiger partial charge is 0.324 e. The number of ether oxygens (including phenoxy) is 1. The number of halogens is 1. The summed E-state index contributed by atoms with van der Waals surface area (Å²) in [6, 6.07) is 7.03. The number of esters is 1. The standard InChI is InChI=1S/C13H12BrNO3S/c1-18-13(17)11-10(6-7-19-11)15-12(16)8-2-4-9(14)5-3-8/h2-6,11H,7H2,1H3,(H,15,16). The van der Waals surface area contributed by atoms with Crippen molar-refractivity contribution in [1.82, 2.24) is 5.32 Å². The van der Waals surface area contributed by atoms with Gasteiger partial charge >= 0.3 is 5.97 Å². The minimum atomic E-state index is -0.440. The Labute approximate surface area is 123 Å². The predicted octanol–water partition coefficient (Wildman–Crippen LogP) is 2.35. The highest BCUT2D eigenvalue weighted by molar-refractivity contribution is 9.10. The number of thioether (sulfide) groups is 1. The monoisotopic (exact) mass is 341 g/mol. The minimum absolute atomic E-state index is 0.227. The maximum Gasteiger partial charge on any atom is 0.324 e. The van der Waals surface area contributed by atoms with E-state index in [1.807, 2.05) is 6.08 Å². The quantitative estimate of drug-likeness (QED) is 0.857. The van der Waals surface area contributed by atoms with Gasteiger partial charge in [0, 0.05) is 21.5 Å². The van der Waals surface area contributed by atoms with Crippen molar-refractivity contribution in [2.24, 2.45) is 0 Å². The summed E-state index contributed by atoms with van der Waals surface area (Å²) < 4.78 is 5.62. The van der Waals surface area contributed by atoms with Crippen LogP contribution >= 0.6 is 27.7 Å². The molecule has 0 radical (unpaired) electrons. The summed E-state index contributed by atoms with van der Waals surface area (Å²) in [5.41, 5.74) is 1.15. The van der Waals surface area contributed by atoms with Gasteiger partial charge in [-0.3, -0.25) is 9.59 Å². The number of carbonyl (C=O) groups excluding carboxylic acids is 2. The molecule has 1 unspecified atom stereocenters. The first kappa shape index (κ1) is 14.1. The average molecular weight is 342 g/mol. The molecule has 0 spiro atoms. The maximum atomic E-state index is 12.0. The predicted molar refractivity (Wildman–Crippen MR) is 78.0 cm³/mol. The molecule has 2 rings (SSSR count). The third-order valence-corrected chi connectivity index (χ3v) is 4.30. The number of hydrogen-bond acceptors (Lipinski definition) is 4. The van der Waals surface area contributed by atoms with E-state index in [0.717, 1.165) is 4.47 Å². The molecule has 1 heterocycles. The van der Waals surface area contributed by atoms with Gasteiger partial charge in [0.2, 0.25) is 0 Å². The van der Waals surface area contributed by atoms with Crippen LogP contribution in [0.4, 0.5) is 0 Å². The molecule has 1 aliphatic heterocycles. The van der Waals surface area contributed by atoms with E-state index in [1.165, 1.54) is 18.9 Å². The third kappa shape index (κ3) is 3.39. The van der Waals surface area contributed by atoms with Gasteiger partial charge in [-0.15, -0.1) is 11.8 Å². The largest absolute Gasteiger partial charge is 0.468 e. The van der Waals surface area contributed by atoms with Gasteiger partial charge in [0.05, 0.1) is 7.11 Å². The minimum Gasteiger partial charge on any atom is -0.468 e. The highest BCUT2D eigenvalue weighted by Gasteiger charge is 2.29. The van der Waals surface area contributed by atoms with E-state index in [2.05, 4.69) is 21.2 Å². The molecule has 0 aliphatic carbocycles. The van der Waals surface area contributed by atoms with E-state index < -0.39 is 5.25 Å². The zero-order chi connectivity index (χ0) is 13.8. The van der Waals surface area contributed by atoms with E-state index in [-0.39, 0.29) is 11.9 Å². The Bertz CT molecular complexity index is 527. The van der Waals surface area contributed by atoms with Crippen molar-refractivity contribution in [2.45, 2.75) is 5.25 Å². The van der Waals surface area contributed by atoms with Gasteiger partial charge in [-0.05, 0) is 24.3 Å². The lowest BCUT2D eigenvalue weighted by molar-refractivity contribution is -0.139. The van der Waals surface area contributed by atoms with Gasteiger partial charge < -0.3 is 10.1 Å². The van der Waals surface area contributed by atoms with Gasteiger partial charge in [0.15, 0.2) is 0 Å². The normalized spacial score (nSPS) is 17.8. The molecule has 0 fully saturated rings. The molecular weight excluding hydrogens is 330 g/mol. The summed E-state index contributed by atoms with van der Waals surface area (Å²) in [4.78, 5) is 23.6. The topological polar surface area (TPSA) is 55.4 Å². The first-order valence-electron chi connectivity index (χ1n) is 5.58. The van der Waals surface area contributed by atoms with E-state index in [9.17, 15) is 9.59 Å². The molecule has 0 saturated carbocycles. The Hall–Kier alpha value is -1.27. The molecule has 6 heteroatoms. The lowest BCUT2D eigenvalue weighted by atomic mass is 10.2. The van der Waals surface area contributed by atoms with Crippen molar-refractivity contribution in [3.8, 4) is 0 Å². The lowest BCUT2D eigenvalue weighted by Gasteiger charge is -2.13. The zero-order valence-corrected chi connectivity index (χ0v) is 12.6. The summed E-state index contributed by atoms with van der Waals surface area (Å²) in [6.45, 7) is 0. The fraction of sp³-hybridized carbons (Fsp3) is 0.231. The van der Waals surface area contributed by atoms with Crippen molar-refractivity contribution >= 4 is 39.6 Å².